The molecule has 1 aromatic heterocycles. The van der Waals surface area contributed by atoms with Crippen LogP contribution in [0.2, 0.25) is 0 Å². The van der Waals surface area contributed by atoms with Gasteiger partial charge in [-0.3, -0.25) is 4.90 Å². The average molecular weight is 387 g/mol. The Labute approximate surface area is 156 Å². The molecule has 0 aliphatic carbocycles. The molecule has 4 rings (SSSR count). The van der Waals surface area contributed by atoms with E-state index in [1.54, 1.807) is 25.8 Å². The van der Waals surface area contributed by atoms with E-state index in [1.165, 1.54) is 0 Å². The fraction of sp³-hybridized carbons (Fsp3) is 0.722. The van der Waals surface area contributed by atoms with Crippen molar-refractivity contribution in [1.29, 1.82) is 0 Å². The number of rotatable bonds is 3. The van der Waals surface area contributed by atoms with Crippen LogP contribution in [0.1, 0.15) is 29.8 Å². The highest BCUT2D eigenvalue weighted by molar-refractivity contribution is 7.97. The van der Waals surface area contributed by atoms with Gasteiger partial charge in [0.1, 0.15) is 5.69 Å². The highest BCUT2D eigenvalue weighted by Crippen LogP contribution is 2.46. The van der Waals surface area contributed by atoms with Gasteiger partial charge >= 0.3 is 6.18 Å². The lowest BCUT2D eigenvalue weighted by Crippen LogP contribution is -2.72. The van der Waals surface area contributed by atoms with Gasteiger partial charge in [-0.25, -0.2) is 9.29 Å². The highest BCUT2D eigenvalue weighted by atomic mass is 32.2. The maximum absolute atomic E-state index is 12.9. The van der Waals surface area contributed by atoms with E-state index in [9.17, 15) is 13.2 Å². The summed E-state index contributed by atoms with van der Waals surface area (Å²) in [6, 6.07) is 1.82. The van der Waals surface area contributed by atoms with Crippen LogP contribution in [0.5, 0.6) is 0 Å². The monoisotopic (exact) mass is 387 g/mol. The van der Waals surface area contributed by atoms with Crippen LogP contribution in [-0.4, -0.2) is 59.6 Å². The number of likely N-dealkylation sites (tertiary alicyclic amines) is 1. The zero-order valence-electron chi connectivity index (χ0n) is 15.1. The van der Waals surface area contributed by atoms with Crippen LogP contribution in [0.25, 0.3) is 0 Å². The summed E-state index contributed by atoms with van der Waals surface area (Å²) in [4.78, 5) is 7.19. The van der Waals surface area contributed by atoms with Crippen molar-refractivity contribution in [3.8, 4) is 0 Å². The van der Waals surface area contributed by atoms with E-state index in [2.05, 4.69) is 14.2 Å². The number of aromatic nitrogens is 1. The molecule has 0 saturated carbocycles. The van der Waals surface area contributed by atoms with Crippen LogP contribution in [0, 0.1) is 19.3 Å². The maximum atomic E-state index is 12.9. The molecule has 0 N–H and O–H groups in total. The molecule has 144 valence electrons. The molecule has 3 aliphatic rings. The van der Waals surface area contributed by atoms with Gasteiger partial charge in [0.2, 0.25) is 0 Å². The zero-order valence-corrected chi connectivity index (χ0v) is 15.9. The molecule has 0 bridgehead atoms. The van der Waals surface area contributed by atoms with E-state index in [0.29, 0.717) is 22.7 Å². The predicted molar refractivity (Wildman–Crippen MR) is 94.0 cm³/mol. The van der Waals surface area contributed by atoms with Gasteiger partial charge in [-0.1, -0.05) is 0 Å². The smallest absolute Gasteiger partial charge is 0.381 e. The standard InChI is InChI=1S/C18H24F3N3OS/c1-12-7-15(18(19,20)21)22-13(2)16(12)26-24-10-17(11-24)8-23(9-17)14-3-5-25-6-4-14/h7,14H,3-6,8-11H2,1-2H3. The predicted octanol–water partition coefficient (Wildman–Crippen LogP) is 3.52. The second-order valence-corrected chi connectivity index (χ2v) is 8.98. The molecule has 26 heavy (non-hydrogen) atoms. The first-order valence-corrected chi connectivity index (χ1v) is 9.83. The van der Waals surface area contributed by atoms with E-state index < -0.39 is 11.9 Å². The van der Waals surface area contributed by atoms with E-state index in [1.807, 2.05) is 0 Å². The summed E-state index contributed by atoms with van der Waals surface area (Å²) in [5.41, 5.74) is 0.684. The number of halogens is 3. The Hall–Kier alpha value is -0.830. The van der Waals surface area contributed by atoms with Crippen molar-refractivity contribution in [2.75, 3.05) is 39.4 Å². The van der Waals surface area contributed by atoms with Crippen molar-refractivity contribution in [2.45, 2.75) is 43.8 Å². The quantitative estimate of drug-likeness (QED) is 0.740. The molecule has 4 nitrogen and oxygen atoms in total. The van der Waals surface area contributed by atoms with Gasteiger partial charge in [0.15, 0.2) is 0 Å². The molecule has 4 heterocycles. The van der Waals surface area contributed by atoms with Crippen molar-refractivity contribution in [3.63, 3.8) is 0 Å². The van der Waals surface area contributed by atoms with Gasteiger partial charge in [-0.15, -0.1) is 0 Å². The van der Waals surface area contributed by atoms with Gasteiger partial charge < -0.3 is 4.74 Å². The third-order valence-corrected chi connectivity index (χ3v) is 6.96. The lowest BCUT2D eigenvalue weighted by atomic mass is 9.73. The molecule has 0 unspecified atom stereocenters. The van der Waals surface area contributed by atoms with Crippen molar-refractivity contribution in [3.05, 3.63) is 23.0 Å². The van der Waals surface area contributed by atoms with Gasteiger partial charge in [-0.05, 0) is 50.3 Å². The fourth-order valence-electron chi connectivity index (χ4n) is 4.32. The van der Waals surface area contributed by atoms with Crippen molar-refractivity contribution in [2.24, 2.45) is 5.41 Å². The fourth-order valence-corrected chi connectivity index (χ4v) is 5.64. The maximum Gasteiger partial charge on any atom is 0.433 e. The number of ether oxygens (including phenoxy) is 1. The first-order chi connectivity index (χ1) is 12.3. The first kappa shape index (κ1) is 18.5. The molecule has 1 aromatic rings. The molecule has 0 aromatic carbocycles. The Morgan fingerprint density at radius 3 is 2.38 bits per heavy atom. The SMILES string of the molecule is Cc1cc(C(F)(F)F)nc(C)c1SN1CC2(C1)CN(C1CCOCC1)C2. The molecule has 3 aliphatic heterocycles. The summed E-state index contributed by atoms with van der Waals surface area (Å²) in [6.45, 7) is 9.41. The second-order valence-electron chi connectivity index (χ2n) is 7.87. The minimum Gasteiger partial charge on any atom is -0.381 e. The lowest BCUT2D eigenvalue weighted by Gasteiger charge is -2.62. The highest BCUT2D eigenvalue weighted by Gasteiger charge is 2.53. The van der Waals surface area contributed by atoms with Crippen LogP contribution in [0.4, 0.5) is 13.2 Å². The summed E-state index contributed by atoms with van der Waals surface area (Å²) in [5.74, 6) is 0. The number of nitrogens with zero attached hydrogens (tertiary/aromatic N) is 3. The lowest BCUT2D eigenvalue weighted by molar-refractivity contribution is -0.141. The zero-order chi connectivity index (χ0) is 18.5. The average Bonchev–Trinajstić information content (AvgIpc) is 2.50. The molecule has 8 heteroatoms. The molecule has 1 spiro atoms. The minimum absolute atomic E-state index is 0.381. The Morgan fingerprint density at radius 1 is 1.15 bits per heavy atom. The van der Waals surface area contributed by atoms with Crippen molar-refractivity contribution >= 4 is 11.9 Å². The van der Waals surface area contributed by atoms with Crippen LogP contribution >= 0.6 is 11.9 Å². The first-order valence-electron chi connectivity index (χ1n) is 9.06. The Bertz CT molecular complexity index is 654. The molecular weight excluding hydrogens is 363 g/mol. The minimum atomic E-state index is -4.39. The molecule has 3 fully saturated rings. The molecule has 0 amide bonds. The van der Waals surface area contributed by atoms with Crippen LogP contribution in [0.15, 0.2) is 11.0 Å². The van der Waals surface area contributed by atoms with E-state index in [4.69, 9.17) is 4.74 Å². The van der Waals surface area contributed by atoms with Gasteiger partial charge in [0.25, 0.3) is 0 Å². The van der Waals surface area contributed by atoms with Crippen molar-refractivity contribution in [1.82, 2.24) is 14.2 Å². The Morgan fingerprint density at radius 2 is 1.81 bits per heavy atom. The summed E-state index contributed by atoms with van der Waals surface area (Å²) in [7, 11) is 0. The molecular formula is C18H24F3N3OS. The Kier molecular flexibility index (Phi) is 4.74. The number of aryl methyl sites for hydroxylation is 2. The third-order valence-electron chi connectivity index (χ3n) is 5.65. The topological polar surface area (TPSA) is 28.6 Å². The van der Waals surface area contributed by atoms with Gasteiger partial charge in [0, 0.05) is 55.7 Å². The van der Waals surface area contributed by atoms with Gasteiger partial charge in [-0.2, -0.15) is 13.2 Å². The van der Waals surface area contributed by atoms with Crippen LogP contribution in [0.3, 0.4) is 0 Å². The van der Waals surface area contributed by atoms with Gasteiger partial charge in [0.05, 0.1) is 5.69 Å². The van der Waals surface area contributed by atoms with E-state index in [0.717, 1.165) is 63.2 Å². The van der Waals surface area contributed by atoms with Crippen LogP contribution in [-0.2, 0) is 10.9 Å². The van der Waals surface area contributed by atoms with Crippen LogP contribution < -0.4 is 0 Å². The third kappa shape index (κ3) is 3.48. The number of hydrogen-bond donors (Lipinski definition) is 0. The van der Waals surface area contributed by atoms with Crippen molar-refractivity contribution < 1.29 is 17.9 Å². The Balaban J connectivity index is 1.32. The normalized spacial score (nSPS) is 24.5. The number of pyridine rings is 1. The summed E-state index contributed by atoms with van der Waals surface area (Å²) >= 11 is 1.56. The van der Waals surface area contributed by atoms with E-state index >= 15 is 0 Å². The summed E-state index contributed by atoms with van der Waals surface area (Å²) in [6.07, 6.45) is -2.13. The number of hydrogen-bond acceptors (Lipinski definition) is 5. The summed E-state index contributed by atoms with van der Waals surface area (Å²) < 4.78 is 46.3. The number of alkyl halides is 3. The molecule has 0 radical (unpaired) electrons. The summed E-state index contributed by atoms with van der Waals surface area (Å²) in [5, 5.41) is 0. The largest absolute Gasteiger partial charge is 0.433 e. The van der Waals surface area contributed by atoms with E-state index in [-0.39, 0.29) is 0 Å². The molecule has 3 saturated heterocycles. The second kappa shape index (κ2) is 6.65. The molecule has 0 atom stereocenters.